The third kappa shape index (κ3) is 9.84. The molecule has 2 amide bonds. The van der Waals surface area contributed by atoms with Crippen molar-refractivity contribution in [1.29, 1.82) is 0 Å². The molecule has 42 heavy (non-hydrogen) atoms. The fourth-order valence-electron chi connectivity index (χ4n) is 4.66. The molecule has 3 atom stereocenters. The molecule has 1 fully saturated rings. The number of aliphatic hydroxyl groups excluding tert-OH is 1. The lowest BCUT2D eigenvalue weighted by molar-refractivity contribution is -0.645. The van der Waals surface area contributed by atoms with Gasteiger partial charge in [-0.1, -0.05) is 66.7 Å². The van der Waals surface area contributed by atoms with Gasteiger partial charge in [-0.05, 0) is 35.6 Å². The topological polar surface area (TPSA) is 124 Å². The van der Waals surface area contributed by atoms with Gasteiger partial charge in [0.15, 0.2) is 12.5 Å². The van der Waals surface area contributed by atoms with Gasteiger partial charge in [0, 0.05) is 56.3 Å². The van der Waals surface area contributed by atoms with Gasteiger partial charge >= 0.3 is 0 Å². The van der Waals surface area contributed by atoms with Crippen LogP contribution < -0.4 is 15.4 Å². The lowest BCUT2D eigenvalue weighted by Crippen LogP contribution is -2.32. The fraction of sp³-hybridized carbons (Fsp3) is 0.406. The first-order valence-corrected chi connectivity index (χ1v) is 15.3. The predicted octanol–water partition coefficient (Wildman–Crippen LogP) is 4.46. The van der Waals surface area contributed by atoms with Crippen molar-refractivity contribution >= 4 is 23.6 Å². The van der Waals surface area contributed by atoms with Crippen LogP contribution in [0.3, 0.4) is 0 Å². The molecule has 3 aromatic rings. The third-order valence-corrected chi connectivity index (χ3v) is 8.17. The fourth-order valence-corrected chi connectivity index (χ4v) is 5.59. The van der Waals surface area contributed by atoms with Crippen LogP contribution in [-0.4, -0.2) is 35.3 Å². The second-order valence-electron chi connectivity index (χ2n) is 10.3. The highest BCUT2D eigenvalue weighted by molar-refractivity contribution is 7.99. The number of rotatable bonds is 14. The van der Waals surface area contributed by atoms with Crippen molar-refractivity contribution < 1.29 is 28.9 Å². The van der Waals surface area contributed by atoms with Crippen LogP contribution in [0.25, 0.3) is 0 Å². The van der Waals surface area contributed by atoms with Crippen molar-refractivity contribution in [3.8, 4) is 0 Å². The average molecular weight is 594 g/mol. The Morgan fingerprint density at radius 3 is 2.40 bits per heavy atom. The van der Waals surface area contributed by atoms with Crippen LogP contribution in [-0.2, 0) is 32.2 Å². The van der Waals surface area contributed by atoms with E-state index in [4.69, 9.17) is 9.47 Å². The number of ether oxygens (including phenoxy) is 2. The lowest BCUT2D eigenvalue weighted by atomic mass is 10.0. The van der Waals surface area contributed by atoms with Crippen molar-refractivity contribution in [3.05, 3.63) is 100 Å². The molecule has 4 rings (SSSR count). The van der Waals surface area contributed by atoms with Crippen molar-refractivity contribution in [2.24, 2.45) is 0 Å². The molecule has 3 N–H and O–H groups in total. The van der Waals surface area contributed by atoms with Crippen LogP contribution in [0.1, 0.15) is 73.7 Å². The van der Waals surface area contributed by atoms with Gasteiger partial charge in [0.2, 0.25) is 11.8 Å². The van der Waals surface area contributed by atoms with Gasteiger partial charge in [-0.3, -0.25) is 9.59 Å². The van der Waals surface area contributed by atoms with E-state index in [-0.39, 0.29) is 30.6 Å². The van der Waals surface area contributed by atoms with Gasteiger partial charge in [-0.25, -0.2) is 0 Å². The zero-order valence-electron chi connectivity index (χ0n) is 23.9. The highest BCUT2D eigenvalue weighted by Gasteiger charge is 2.32. The molecule has 9 nitrogen and oxygen atoms in total. The van der Waals surface area contributed by atoms with Crippen molar-refractivity contribution in [2.45, 2.75) is 75.7 Å². The minimum Gasteiger partial charge on any atom is -0.618 e. The minimum atomic E-state index is -0.594. The number of hydrogen-bond donors (Lipinski definition) is 3. The van der Waals surface area contributed by atoms with Gasteiger partial charge in [-0.15, -0.1) is 0 Å². The highest BCUT2D eigenvalue weighted by Crippen LogP contribution is 2.39. The van der Waals surface area contributed by atoms with Crippen LogP contribution in [0.2, 0.25) is 0 Å². The number of nitrogens with one attached hydrogen (secondary N) is 2. The number of thioether (sulfide) groups is 1. The van der Waals surface area contributed by atoms with E-state index in [0.29, 0.717) is 36.7 Å². The number of hydrogen-bond acceptors (Lipinski definition) is 7. The van der Waals surface area contributed by atoms with Crippen molar-refractivity contribution in [1.82, 2.24) is 10.6 Å². The Hall–Kier alpha value is -3.44. The van der Waals surface area contributed by atoms with E-state index in [9.17, 15) is 19.9 Å². The predicted molar refractivity (Wildman–Crippen MR) is 160 cm³/mol. The number of carbonyl (C=O) groups is 2. The van der Waals surface area contributed by atoms with Crippen LogP contribution in [0, 0.1) is 5.21 Å². The van der Waals surface area contributed by atoms with Gasteiger partial charge in [-0.2, -0.15) is 4.73 Å². The summed E-state index contributed by atoms with van der Waals surface area (Å²) in [5.41, 5.74) is 3.68. The Kier molecular flexibility index (Phi) is 12.2. The standard InChI is InChI=1S/C32H39N3O6S/c1-23(37)33-17-5-2-3-7-30(38)34-20-24-9-15-27(16-10-24)32-40-28(22-42-31-8-4-6-18-35(31)39)19-29(41-32)26-13-11-25(21-36)12-14-26/h4,6,8-16,18,28-29,32,36H,2-3,5,7,17,19-22H2,1H3,(H,33,37)(H,34,38). The quantitative estimate of drug-likeness (QED) is 0.109. The summed E-state index contributed by atoms with van der Waals surface area (Å²) in [6, 6.07) is 20.9. The average Bonchev–Trinajstić information content (AvgIpc) is 3.01. The first kappa shape index (κ1) is 31.5. The summed E-state index contributed by atoms with van der Waals surface area (Å²) in [7, 11) is 0. The molecule has 0 saturated carbocycles. The van der Waals surface area contributed by atoms with Gasteiger partial charge < -0.3 is 30.4 Å². The molecular weight excluding hydrogens is 554 g/mol. The van der Waals surface area contributed by atoms with Crippen LogP contribution in [0.15, 0.2) is 78.0 Å². The van der Waals surface area contributed by atoms with E-state index in [2.05, 4.69) is 10.6 Å². The molecule has 0 radical (unpaired) electrons. The largest absolute Gasteiger partial charge is 0.618 e. The van der Waals surface area contributed by atoms with E-state index in [1.807, 2.05) is 54.6 Å². The Bertz CT molecular complexity index is 1290. The zero-order chi connectivity index (χ0) is 29.7. The van der Waals surface area contributed by atoms with Crippen LogP contribution >= 0.6 is 11.8 Å². The molecule has 1 saturated heterocycles. The summed E-state index contributed by atoms with van der Waals surface area (Å²) in [6.45, 7) is 2.55. The summed E-state index contributed by atoms with van der Waals surface area (Å²) in [5, 5.41) is 27.9. The number of unbranched alkanes of at least 4 members (excludes halogenated alkanes) is 2. The SMILES string of the molecule is CC(=O)NCCCCCC(=O)NCc1ccc(C2OC(CSc3cccc[n+]3[O-])CC(c3ccc(CO)cc3)O2)cc1. The number of benzene rings is 2. The molecular formula is C32H39N3O6S. The molecule has 1 aromatic heterocycles. The highest BCUT2D eigenvalue weighted by atomic mass is 32.2. The number of amides is 2. The molecule has 2 heterocycles. The summed E-state index contributed by atoms with van der Waals surface area (Å²) >= 11 is 1.46. The number of aliphatic hydroxyl groups is 1. The van der Waals surface area contributed by atoms with E-state index >= 15 is 0 Å². The smallest absolute Gasteiger partial charge is 0.251 e. The number of aromatic nitrogens is 1. The van der Waals surface area contributed by atoms with E-state index in [1.54, 1.807) is 12.1 Å². The molecule has 0 aliphatic carbocycles. The summed E-state index contributed by atoms with van der Waals surface area (Å²) in [4.78, 5) is 23.1. The minimum absolute atomic E-state index is 0.00534. The maximum Gasteiger partial charge on any atom is 0.251 e. The van der Waals surface area contributed by atoms with Crippen molar-refractivity contribution in [3.63, 3.8) is 0 Å². The van der Waals surface area contributed by atoms with Crippen LogP contribution in [0.4, 0.5) is 0 Å². The summed E-state index contributed by atoms with van der Waals surface area (Å²) < 4.78 is 13.6. The van der Waals surface area contributed by atoms with Crippen molar-refractivity contribution in [2.75, 3.05) is 12.3 Å². The molecule has 0 bridgehead atoms. The van der Waals surface area contributed by atoms with Crippen LogP contribution in [0.5, 0.6) is 0 Å². The molecule has 1 aliphatic rings. The monoisotopic (exact) mass is 593 g/mol. The number of pyridine rings is 1. The number of nitrogens with zero attached hydrogens (tertiary/aromatic N) is 1. The Balaban J connectivity index is 1.33. The molecule has 0 spiro atoms. The van der Waals surface area contributed by atoms with Gasteiger partial charge in [0.25, 0.3) is 5.03 Å². The zero-order valence-corrected chi connectivity index (χ0v) is 24.7. The number of carbonyl (C=O) groups excluding carboxylic acids is 2. The molecule has 1 aliphatic heterocycles. The second kappa shape index (κ2) is 16.3. The van der Waals surface area contributed by atoms with E-state index in [0.717, 1.165) is 46.2 Å². The maximum atomic E-state index is 12.2. The first-order chi connectivity index (χ1) is 20.4. The normalized spacial score (nSPS) is 18.4. The van der Waals surface area contributed by atoms with Gasteiger partial charge in [0.05, 0.1) is 18.8 Å². The Labute approximate surface area is 251 Å². The van der Waals surface area contributed by atoms with E-state index in [1.165, 1.54) is 24.9 Å². The molecule has 10 heteroatoms. The third-order valence-electron chi connectivity index (χ3n) is 7.02. The second-order valence-corrected chi connectivity index (χ2v) is 11.4. The maximum absolute atomic E-state index is 12.2. The molecule has 3 unspecified atom stereocenters. The Morgan fingerprint density at radius 2 is 1.69 bits per heavy atom. The van der Waals surface area contributed by atoms with E-state index < -0.39 is 6.29 Å². The Morgan fingerprint density at radius 1 is 0.952 bits per heavy atom. The molecule has 224 valence electrons. The lowest BCUT2D eigenvalue weighted by Gasteiger charge is -2.36. The molecule has 2 aromatic carbocycles. The summed E-state index contributed by atoms with van der Waals surface area (Å²) in [5.74, 6) is 0.564. The first-order valence-electron chi connectivity index (χ1n) is 14.3. The summed E-state index contributed by atoms with van der Waals surface area (Å²) in [6.07, 6.45) is 4.14. The van der Waals surface area contributed by atoms with Gasteiger partial charge in [0.1, 0.15) is 0 Å².